The van der Waals surface area contributed by atoms with Crippen LogP contribution in [0.25, 0.3) is 0 Å². The first-order valence-corrected chi connectivity index (χ1v) is 12.4. The second kappa shape index (κ2) is 11.1. The van der Waals surface area contributed by atoms with Crippen molar-refractivity contribution in [1.82, 2.24) is 15.5 Å². The van der Waals surface area contributed by atoms with Crippen LogP contribution in [0.4, 0.5) is 10.5 Å². The summed E-state index contributed by atoms with van der Waals surface area (Å²) in [5.74, 6) is 2.29. The average molecular weight is 429 g/mol. The zero-order chi connectivity index (χ0) is 21.5. The lowest BCUT2D eigenvalue weighted by Gasteiger charge is -2.35. The third-order valence-electron chi connectivity index (χ3n) is 7.42. The van der Waals surface area contributed by atoms with Crippen molar-refractivity contribution in [1.29, 1.82) is 0 Å². The molecule has 31 heavy (non-hydrogen) atoms. The van der Waals surface area contributed by atoms with Gasteiger partial charge in [-0.05, 0) is 56.1 Å². The lowest BCUT2D eigenvalue weighted by atomic mass is 9.88. The number of amides is 2. The summed E-state index contributed by atoms with van der Waals surface area (Å²) in [6.45, 7) is 6.27. The Morgan fingerprint density at radius 1 is 1.03 bits per heavy atom. The van der Waals surface area contributed by atoms with Crippen molar-refractivity contribution in [2.45, 2.75) is 57.4 Å². The van der Waals surface area contributed by atoms with Gasteiger partial charge in [0, 0.05) is 57.1 Å². The molecular weight excluding hydrogens is 388 g/mol. The standard InChI is InChI=1S/C25H40N4O2/c1-31-24-9-5-8-23(16-24)29-15-10-21(19-29)17-26-25(30)27-22-11-13-28(14-12-22)18-20-6-3-2-4-7-20/h5,8-9,16,20-22H,2-4,6-7,10-15,17-19H2,1H3,(H2,26,27,30). The van der Waals surface area contributed by atoms with E-state index in [1.54, 1.807) is 7.11 Å². The molecule has 172 valence electrons. The molecule has 3 aliphatic rings. The maximum atomic E-state index is 12.4. The second-order valence-electron chi connectivity index (χ2n) is 9.74. The van der Waals surface area contributed by atoms with Gasteiger partial charge in [-0.2, -0.15) is 0 Å². The van der Waals surface area contributed by atoms with Crippen LogP contribution in [-0.2, 0) is 0 Å². The molecule has 2 N–H and O–H groups in total. The van der Waals surface area contributed by atoms with E-state index in [0.717, 1.165) is 63.7 Å². The number of urea groups is 1. The number of carbonyl (C=O) groups excluding carboxylic acids is 1. The van der Waals surface area contributed by atoms with Crippen LogP contribution >= 0.6 is 0 Å². The number of nitrogens with one attached hydrogen (secondary N) is 2. The Morgan fingerprint density at radius 2 is 1.84 bits per heavy atom. The summed E-state index contributed by atoms with van der Waals surface area (Å²) in [5.41, 5.74) is 1.20. The Morgan fingerprint density at radius 3 is 2.61 bits per heavy atom. The van der Waals surface area contributed by atoms with Crippen LogP contribution in [0.15, 0.2) is 24.3 Å². The summed E-state index contributed by atoms with van der Waals surface area (Å²) >= 11 is 0. The number of rotatable bonds is 7. The molecule has 0 radical (unpaired) electrons. The summed E-state index contributed by atoms with van der Waals surface area (Å²) in [7, 11) is 1.70. The second-order valence-corrected chi connectivity index (χ2v) is 9.74. The fraction of sp³-hybridized carbons (Fsp3) is 0.720. The van der Waals surface area contributed by atoms with Crippen LogP contribution in [0.2, 0.25) is 0 Å². The highest BCUT2D eigenvalue weighted by molar-refractivity contribution is 5.74. The van der Waals surface area contributed by atoms with Gasteiger partial charge in [0.25, 0.3) is 0 Å². The molecule has 0 bridgehead atoms. The van der Waals surface area contributed by atoms with Crippen LogP contribution in [0, 0.1) is 11.8 Å². The maximum absolute atomic E-state index is 12.4. The molecule has 2 saturated heterocycles. The molecule has 2 heterocycles. The number of ether oxygens (including phenoxy) is 1. The predicted octanol–water partition coefficient (Wildman–Crippen LogP) is 3.87. The smallest absolute Gasteiger partial charge is 0.315 e. The van der Waals surface area contributed by atoms with Gasteiger partial charge in [0.15, 0.2) is 0 Å². The molecule has 0 spiro atoms. The highest BCUT2D eigenvalue weighted by atomic mass is 16.5. The average Bonchev–Trinajstić information content (AvgIpc) is 3.29. The van der Waals surface area contributed by atoms with Gasteiger partial charge in [0.2, 0.25) is 0 Å². The van der Waals surface area contributed by atoms with Gasteiger partial charge in [-0.25, -0.2) is 4.79 Å². The normalized spacial score (nSPS) is 23.6. The first-order chi connectivity index (χ1) is 15.2. The van der Waals surface area contributed by atoms with E-state index < -0.39 is 0 Å². The minimum Gasteiger partial charge on any atom is -0.497 e. The van der Waals surface area contributed by atoms with Gasteiger partial charge in [0.1, 0.15) is 5.75 Å². The van der Waals surface area contributed by atoms with E-state index in [9.17, 15) is 4.79 Å². The van der Waals surface area contributed by atoms with Gasteiger partial charge in [-0.3, -0.25) is 0 Å². The number of hydrogen-bond donors (Lipinski definition) is 2. The minimum atomic E-state index is 0.00515. The van der Waals surface area contributed by atoms with Gasteiger partial charge < -0.3 is 25.2 Å². The lowest BCUT2D eigenvalue weighted by molar-refractivity contribution is 0.155. The fourth-order valence-electron chi connectivity index (χ4n) is 5.51. The molecule has 6 heteroatoms. The Kier molecular flexibility index (Phi) is 7.95. The Balaban J connectivity index is 1.12. The zero-order valence-corrected chi connectivity index (χ0v) is 19.2. The minimum absolute atomic E-state index is 0.00515. The zero-order valence-electron chi connectivity index (χ0n) is 19.2. The van der Waals surface area contributed by atoms with Crippen molar-refractivity contribution in [3.63, 3.8) is 0 Å². The van der Waals surface area contributed by atoms with E-state index in [-0.39, 0.29) is 6.03 Å². The van der Waals surface area contributed by atoms with Crippen LogP contribution < -0.4 is 20.3 Å². The van der Waals surface area contributed by atoms with E-state index in [1.165, 1.54) is 44.3 Å². The molecular formula is C25H40N4O2. The van der Waals surface area contributed by atoms with Crippen molar-refractivity contribution in [2.75, 3.05) is 51.3 Å². The maximum Gasteiger partial charge on any atom is 0.315 e. The number of likely N-dealkylation sites (tertiary alicyclic amines) is 1. The van der Waals surface area contributed by atoms with E-state index in [2.05, 4.69) is 32.6 Å². The first kappa shape index (κ1) is 22.3. The molecule has 3 fully saturated rings. The summed E-state index contributed by atoms with van der Waals surface area (Å²) in [5, 5.41) is 6.35. The Bertz CT molecular complexity index is 699. The van der Waals surface area contributed by atoms with Gasteiger partial charge in [-0.1, -0.05) is 25.3 Å². The van der Waals surface area contributed by atoms with E-state index in [4.69, 9.17) is 4.74 Å². The largest absolute Gasteiger partial charge is 0.497 e. The van der Waals surface area contributed by atoms with Crippen LogP contribution in [0.5, 0.6) is 5.75 Å². The number of piperidine rings is 1. The van der Waals surface area contributed by atoms with Crippen molar-refractivity contribution in [3.8, 4) is 5.75 Å². The van der Waals surface area contributed by atoms with Crippen molar-refractivity contribution in [2.24, 2.45) is 11.8 Å². The molecule has 2 amide bonds. The molecule has 2 aliphatic heterocycles. The van der Waals surface area contributed by atoms with E-state index in [1.807, 2.05) is 12.1 Å². The van der Waals surface area contributed by atoms with Crippen LogP contribution in [0.1, 0.15) is 51.4 Å². The summed E-state index contributed by atoms with van der Waals surface area (Å²) in [6.07, 6.45) is 10.4. The van der Waals surface area contributed by atoms with Crippen LogP contribution in [-0.4, -0.2) is 63.4 Å². The highest BCUT2D eigenvalue weighted by Crippen LogP contribution is 2.27. The number of methoxy groups -OCH3 is 1. The van der Waals surface area contributed by atoms with Gasteiger partial charge >= 0.3 is 6.03 Å². The monoisotopic (exact) mass is 428 g/mol. The number of nitrogens with zero attached hydrogens (tertiary/aromatic N) is 2. The number of benzene rings is 1. The van der Waals surface area contributed by atoms with Gasteiger partial charge in [-0.15, -0.1) is 0 Å². The molecule has 1 atom stereocenters. The molecule has 0 aromatic heterocycles. The Hall–Kier alpha value is -1.95. The Labute approximate surface area is 187 Å². The number of hydrogen-bond acceptors (Lipinski definition) is 4. The SMILES string of the molecule is COc1cccc(N2CCC(CNC(=O)NC3CCN(CC4CCCCC4)CC3)C2)c1. The molecule has 1 saturated carbocycles. The molecule has 1 unspecified atom stereocenters. The van der Waals surface area contributed by atoms with Crippen molar-refractivity contribution in [3.05, 3.63) is 24.3 Å². The van der Waals surface area contributed by atoms with E-state index in [0.29, 0.717) is 12.0 Å². The third kappa shape index (κ3) is 6.52. The third-order valence-corrected chi connectivity index (χ3v) is 7.42. The molecule has 1 aromatic carbocycles. The molecule has 1 aromatic rings. The number of anilines is 1. The molecule has 4 rings (SSSR count). The quantitative estimate of drug-likeness (QED) is 0.692. The van der Waals surface area contributed by atoms with E-state index >= 15 is 0 Å². The summed E-state index contributed by atoms with van der Waals surface area (Å²) < 4.78 is 5.34. The molecule has 1 aliphatic carbocycles. The first-order valence-electron chi connectivity index (χ1n) is 12.4. The summed E-state index contributed by atoms with van der Waals surface area (Å²) in [4.78, 5) is 17.4. The number of carbonyl (C=O) groups is 1. The van der Waals surface area contributed by atoms with Crippen LogP contribution in [0.3, 0.4) is 0 Å². The molecule has 6 nitrogen and oxygen atoms in total. The topological polar surface area (TPSA) is 56.8 Å². The fourth-order valence-corrected chi connectivity index (χ4v) is 5.51. The predicted molar refractivity (Wildman–Crippen MR) is 126 cm³/mol. The van der Waals surface area contributed by atoms with Crippen molar-refractivity contribution >= 4 is 11.7 Å². The van der Waals surface area contributed by atoms with Gasteiger partial charge in [0.05, 0.1) is 7.11 Å². The summed E-state index contributed by atoms with van der Waals surface area (Å²) in [6, 6.07) is 8.55. The highest BCUT2D eigenvalue weighted by Gasteiger charge is 2.25. The lowest BCUT2D eigenvalue weighted by Crippen LogP contribution is -2.49. The van der Waals surface area contributed by atoms with Crippen molar-refractivity contribution < 1.29 is 9.53 Å².